The summed E-state index contributed by atoms with van der Waals surface area (Å²) in [5.74, 6) is -1.48. The van der Waals surface area contributed by atoms with Gasteiger partial charge in [-0.2, -0.15) is 18.3 Å². The largest absolute Gasteiger partial charge is 0.416 e. The Hall–Kier alpha value is -3.69. The molecule has 0 radical (unpaired) electrons. The van der Waals surface area contributed by atoms with Gasteiger partial charge in [-0.05, 0) is 49.6 Å². The molecule has 0 fully saturated rings. The average Bonchev–Trinajstić information content (AvgIpc) is 3.14. The van der Waals surface area contributed by atoms with Gasteiger partial charge in [-0.1, -0.05) is 12.1 Å². The number of carbonyl (C=O) groups is 2. The Morgan fingerprint density at radius 2 is 2.03 bits per heavy atom. The molecule has 10 heteroatoms. The quantitative estimate of drug-likeness (QED) is 0.626. The number of carbonyl (C=O) groups excluding carboxylic acids is 2. The lowest BCUT2D eigenvalue weighted by Crippen LogP contribution is -2.29. The van der Waals surface area contributed by atoms with Crippen molar-refractivity contribution in [1.82, 2.24) is 14.8 Å². The van der Waals surface area contributed by atoms with Crippen LogP contribution in [0.3, 0.4) is 0 Å². The lowest BCUT2D eigenvalue weighted by atomic mass is 9.83. The van der Waals surface area contributed by atoms with Crippen LogP contribution in [-0.4, -0.2) is 26.5 Å². The van der Waals surface area contributed by atoms with Gasteiger partial charge in [0.05, 0.1) is 35.0 Å². The van der Waals surface area contributed by atoms with Gasteiger partial charge in [0, 0.05) is 6.20 Å². The Morgan fingerprint density at radius 3 is 2.69 bits per heavy atom. The van der Waals surface area contributed by atoms with E-state index in [0.29, 0.717) is 12.0 Å². The number of rotatable bonds is 3. The van der Waals surface area contributed by atoms with Gasteiger partial charge in [-0.15, -0.1) is 0 Å². The highest BCUT2D eigenvalue weighted by Crippen LogP contribution is 2.40. The van der Waals surface area contributed by atoms with Gasteiger partial charge in [-0.3, -0.25) is 14.3 Å². The van der Waals surface area contributed by atoms with Crippen molar-refractivity contribution < 1.29 is 22.8 Å². The third-order valence-corrected chi connectivity index (χ3v) is 5.63. The molecular weight excluding hydrogens is 423 g/mol. The van der Waals surface area contributed by atoms with Crippen LogP contribution in [0.15, 0.2) is 42.7 Å². The Balaban J connectivity index is 1.67. The van der Waals surface area contributed by atoms with Crippen molar-refractivity contribution in [3.8, 4) is 0 Å². The summed E-state index contributed by atoms with van der Waals surface area (Å²) in [6, 6.07) is 6.61. The second-order valence-corrected chi connectivity index (χ2v) is 7.82. The number of aromatic nitrogens is 3. The summed E-state index contributed by atoms with van der Waals surface area (Å²) in [6.45, 7) is 3.23. The highest BCUT2D eigenvalue weighted by atomic mass is 19.4. The molecule has 4 rings (SSSR count). The Morgan fingerprint density at radius 1 is 1.28 bits per heavy atom. The zero-order valence-electron chi connectivity index (χ0n) is 17.3. The number of ketones is 1. The Labute approximate surface area is 181 Å². The van der Waals surface area contributed by atoms with E-state index >= 15 is 0 Å². The number of nitrogens with one attached hydrogen (secondary N) is 1. The maximum Gasteiger partial charge on any atom is 0.416 e. The van der Waals surface area contributed by atoms with Crippen LogP contribution in [0.4, 0.5) is 24.7 Å². The number of Topliss-reactive ketones (excluding diaryl/α,β-unsaturated/α-hetero) is 1. The number of amides is 1. The number of fused-ring (bicyclic) bond motifs is 1. The molecular formula is C22H20F3N5O2. The second-order valence-electron chi connectivity index (χ2n) is 7.82. The molecule has 3 heterocycles. The smallest absolute Gasteiger partial charge is 0.383 e. The van der Waals surface area contributed by atoms with E-state index in [1.54, 1.807) is 6.07 Å². The molecule has 1 aliphatic heterocycles. The van der Waals surface area contributed by atoms with Crippen molar-refractivity contribution in [3.05, 3.63) is 70.7 Å². The molecule has 0 spiro atoms. The highest BCUT2D eigenvalue weighted by Gasteiger charge is 2.38. The first-order chi connectivity index (χ1) is 15.1. The molecule has 0 saturated heterocycles. The van der Waals surface area contributed by atoms with Crippen LogP contribution in [-0.2, 0) is 6.18 Å². The number of aryl methyl sites for hydroxylation is 1. The van der Waals surface area contributed by atoms with Crippen molar-refractivity contribution in [2.24, 2.45) is 0 Å². The van der Waals surface area contributed by atoms with Crippen molar-refractivity contribution in [2.45, 2.75) is 38.4 Å². The van der Waals surface area contributed by atoms with Gasteiger partial charge in [-0.25, -0.2) is 4.98 Å². The molecule has 3 aromatic rings. The lowest BCUT2D eigenvalue weighted by molar-refractivity contribution is -0.138. The second kappa shape index (κ2) is 7.77. The third kappa shape index (κ3) is 3.72. The fourth-order valence-corrected chi connectivity index (χ4v) is 4.05. The summed E-state index contributed by atoms with van der Waals surface area (Å²) in [7, 11) is 0. The van der Waals surface area contributed by atoms with E-state index in [1.165, 1.54) is 42.2 Å². The van der Waals surface area contributed by atoms with Gasteiger partial charge in [0.15, 0.2) is 5.78 Å². The molecule has 0 bridgehead atoms. The standard InChI is InChI=1S/C22H20F3N5O2/c1-11-8-13(5-6-16(11)22(23,24)25)15-9-12(2)30-18(19(15)31)17(10-28-30)29-21(32)14-4-3-7-27-20(14)26/h3-8,10,12,15H,9H2,1-2H3,(H2,26,27)(H,29,32)/t12-,15?/m0/s1. The van der Waals surface area contributed by atoms with Gasteiger partial charge in [0.2, 0.25) is 0 Å². The molecule has 1 aliphatic rings. The van der Waals surface area contributed by atoms with Gasteiger partial charge in [0.25, 0.3) is 5.91 Å². The zero-order chi connectivity index (χ0) is 23.2. The fourth-order valence-electron chi connectivity index (χ4n) is 4.05. The summed E-state index contributed by atoms with van der Waals surface area (Å²) in [4.78, 5) is 29.9. The van der Waals surface area contributed by atoms with E-state index < -0.39 is 23.6 Å². The summed E-state index contributed by atoms with van der Waals surface area (Å²) in [5.41, 5.74) is 6.13. The minimum Gasteiger partial charge on any atom is -0.383 e. The predicted molar refractivity (Wildman–Crippen MR) is 111 cm³/mol. The molecule has 7 nitrogen and oxygen atoms in total. The molecule has 166 valence electrons. The van der Waals surface area contributed by atoms with Crippen LogP contribution in [0.25, 0.3) is 0 Å². The van der Waals surface area contributed by atoms with Crippen LogP contribution in [0.1, 0.15) is 62.8 Å². The van der Waals surface area contributed by atoms with Crippen LogP contribution < -0.4 is 11.1 Å². The van der Waals surface area contributed by atoms with E-state index in [4.69, 9.17) is 5.73 Å². The first-order valence-electron chi connectivity index (χ1n) is 9.89. The summed E-state index contributed by atoms with van der Waals surface area (Å²) in [6.07, 6.45) is -1.25. The van der Waals surface area contributed by atoms with Gasteiger partial charge < -0.3 is 11.1 Å². The molecule has 0 aliphatic carbocycles. The predicted octanol–water partition coefficient (Wildman–Crippen LogP) is 4.37. The number of alkyl halides is 3. The molecule has 0 saturated carbocycles. The van der Waals surface area contributed by atoms with Crippen LogP contribution in [0.5, 0.6) is 0 Å². The molecule has 1 unspecified atom stereocenters. The SMILES string of the molecule is Cc1cc(C2C[C@H](C)n3ncc(NC(=O)c4cccnc4N)c3C2=O)ccc1C(F)(F)F. The minimum absolute atomic E-state index is 0.0452. The monoisotopic (exact) mass is 443 g/mol. The maximum absolute atomic E-state index is 13.4. The van der Waals surface area contributed by atoms with Crippen molar-refractivity contribution in [2.75, 3.05) is 11.1 Å². The van der Waals surface area contributed by atoms with E-state index in [-0.39, 0.29) is 40.2 Å². The Kier molecular flexibility index (Phi) is 5.23. The molecule has 1 aromatic carbocycles. The van der Waals surface area contributed by atoms with Crippen molar-refractivity contribution in [3.63, 3.8) is 0 Å². The molecule has 1 amide bonds. The average molecular weight is 443 g/mol. The van der Waals surface area contributed by atoms with Crippen molar-refractivity contribution in [1.29, 1.82) is 0 Å². The maximum atomic E-state index is 13.4. The first kappa shape index (κ1) is 21.5. The van der Waals surface area contributed by atoms with E-state index in [2.05, 4.69) is 15.4 Å². The number of hydrogen-bond donors (Lipinski definition) is 2. The van der Waals surface area contributed by atoms with E-state index in [0.717, 1.165) is 6.07 Å². The normalized spacial score (nSPS) is 18.3. The summed E-state index contributed by atoms with van der Waals surface area (Å²) in [5, 5.41) is 6.89. The molecule has 3 N–H and O–H groups in total. The van der Waals surface area contributed by atoms with Gasteiger partial charge >= 0.3 is 6.18 Å². The van der Waals surface area contributed by atoms with Crippen molar-refractivity contribution >= 4 is 23.2 Å². The third-order valence-electron chi connectivity index (χ3n) is 5.63. The number of nitrogens with zero attached hydrogens (tertiary/aromatic N) is 3. The summed E-state index contributed by atoms with van der Waals surface area (Å²) < 4.78 is 40.9. The number of hydrogen-bond acceptors (Lipinski definition) is 5. The van der Waals surface area contributed by atoms with Crippen LogP contribution in [0, 0.1) is 6.92 Å². The topological polar surface area (TPSA) is 103 Å². The van der Waals surface area contributed by atoms with Gasteiger partial charge in [0.1, 0.15) is 11.5 Å². The zero-order valence-corrected chi connectivity index (χ0v) is 17.3. The molecule has 32 heavy (non-hydrogen) atoms. The van der Waals surface area contributed by atoms with E-state index in [1.807, 2.05) is 6.92 Å². The number of pyridine rings is 1. The lowest BCUT2D eigenvalue weighted by Gasteiger charge is -2.28. The first-order valence-corrected chi connectivity index (χ1v) is 9.89. The fraction of sp³-hybridized carbons (Fsp3) is 0.273. The number of halogens is 3. The number of nitrogen functional groups attached to an aromatic ring is 1. The Bertz CT molecular complexity index is 1220. The van der Waals surface area contributed by atoms with Crippen LogP contribution in [0.2, 0.25) is 0 Å². The molecule has 2 aromatic heterocycles. The summed E-state index contributed by atoms with van der Waals surface area (Å²) >= 11 is 0. The van der Waals surface area contributed by atoms with E-state index in [9.17, 15) is 22.8 Å². The number of benzene rings is 1. The highest BCUT2D eigenvalue weighted by molar-refractivity contribution is 6.12. The molecule has 2 atom stereocenters. The number of nitrogens with two attached hydrogens (primary N) is 1. The number of anilines is 2. The van der Waals surface area contributed by atoms with Crippen LogP contribution >= 0.6 is 0 Å². The minimum atomic E-state index is -4.46.